The lowest BCUT2D eigenvalue weighted by Gasteiger charge is -2.32. The van der Waals surface area contributed by atoms with Crippen LogP contribution < -0.4 is 5.32 Å². The van der Waals surface area contributed by atoms with E-state index in [2.05, 4.69) is 30.1 Å². The minimum Gasteiger partial charge on any atom is -0.349 e. The van der Waals surface area contributed by atoms with E-state index in [4.69, 9.17) is 0 Å². The summed E-state index contributed by atoms with van der Waals surface area (Å²) in [5.74, 6) is -0.177. The quantitative estimate of drug-likeness (QED) is 0.675. The summed E-state index contributed by atoms with van der Waals surface area (Å²) in [5, 5.41) is 3.14. The van der Waals surface area contributed by atoms with Gasteiger partial charge >= 0.3 is 0 Å². The number of nitrogens with one attached hydrogen (secondary N) is 1. The smallest absolute Gasteiger partial charge is 0.251 e. The van der Waals surface area contributed by atoms with Crippen LogP contribution in [0.15, 0.2) is 34.7 Å². The molecule has 172 valence electrons. The normalized spacial score (nSPS) is 21.6. The van der Waals surface area contributed by atoms with Gasteiger partial charge in [0.25, 0.3) is 5.91 Å². The van der Waals surface area contributed by atoms with Gasteiger partial charge in [-0.05, 0) is 71.1 Å². The zero-order chi connectivity index (χ0) is 22.6. The molecule has 0 radical (unpaired) electrons. The molecule has 1 aromatic rings. The number of rotatable bonds is 6. The Hall–Kier alpha value is -1.70. The maximum Gasteiger partial charge on any atom is 0.251 e. The second-order valence-electron chi connectivity index (χ2n) is 9.27. The maximum absolute atomic E-state index is 13.2. The molecule has 0 bridgehead atoms. The highest BCUT2D eigenvalue weighted by molar-refractivity contribution is 7.89. The average Bonchev–Trinajstić information content (AvgIpc) is 2.73. The lowest BCUT2D eigenvalue weighted by Crippen LogP contribution is -2.45. The van der Waals surface area contributed by atoms with Gasteiger partial charge < -0.3 is 5.32 Å². The summed E-state index contributed by atoms with van der Waals surface area (Å²) in [5.41, 5.74) is 2.57. The van der Waals surface area contributed by atoms with Crippen LogP contribution in [-0.2, 0) is 10.0 Å². The zero-order valence-electron chi connectivity index (χ0n) is 19.4. The van der Waals surface area contributed by atoms with Crippen molar-refractivity contribution >= 4 is 15.9 Å². The predicted octanol–water partition coefficient (Wildman–Crippen LogP) is 3.72. The first kappa shape index (κ1) is 24.0. The molecule has 0 aromatic heterocycles. The number of aryl methyl sites for hydroxylation is 1. The standard InChI is InChI=1S/C24H37N3O3S/c1-18(2)10-14-26-15-11-21(12-16-26)25-24(28)23-17-22(9-8-19(23)3)31(29,30)27-13-6-5-7-20(27)4/h8-10,17,20-21H,5-7,11-16H2,1-4H3,(H,25,28). The number of hydrogen-bond acceptors (Lipinski definition) is 4. The molecule has 1 amide bonds. The highest BCUT2D eigenvalue weighted by Gasteiger charge is 2.31. The molecule has 31 heavy (non-hydrogen) atoms. The number of carbonyl (C=O) groups is 1. The van der Waals surface area contributed by atoms with Crippen molar-refractivity contribution in [2.45, 2.75) is 76.8 Å². The van der Waals surface area contributed by atoms with E-state index in [9.17, 15) is 13.2 Å². The van der Waals surface area contributed by atoms with Crippen molar-refractivity contribution in [1.82, 2.24) is 14.5 Å². The fourth-order valence-corrected chi connectivity index (χ4v) is 6.13. The molecule has 0 saturated carbocycles. The van der Waals surface area contributed by atoms with E-state index in [0.717, 1.165) is 57.3 Å². The Morgan fingerprint density at radius 1 is 1.13 bits per heavy atom. The van der Waals surface area contributed by atoms with Gasteiger partial charge in [0.1, 0.15) is 0 Å². The molecule has 2 saturated heterocycles. The van der Waals surface area contributed by atoms with Crippen molar-refractivity contribution in [2.24, 2.45) is 0 Å². The molecule has 1 aromatic carbocycles. The predicted molar refractivity (Wildman–Crippen MR) is 125 cm³/mol. The van der Waals surface area contributed by atoms with Crippen molar-refractivity contribution in [1.29, 1.82) is 0 Å². The Labute approximate surface area is 187 Å². The van der Waals surface area contributed by atoms with Gasteiger partial charge in [0.05, 0.1) is 4.90 Å². The number of sulfonamides is 1. The molecule has 0 aliphatic carbocycles. The molecule has 2 heterocycles. The molecule has 1 N–H and O–H groups in total. The third kappa shape index (κ3) is 5.96. The highest BCUT2D eigenvalue weighted by Crippen LogP contribution is 2.26. The van der Waals surface area contributed by atoms with Gasteiger partial charge in [-0.15, -0.1) is 0 Å². The van der Waals surface area contributed by atoms with Gasteiger partial charge in [-0.2, -0.15) is 4.31 Å². The van der Waals surface area contributed by atoms with Gasteiger partial charge in [-0.3, -0.25) is 9.69 Å². The van der Waals surface area contributed by atoms with E-state index in [1.54, 1.807) is 22.5 Å². The SMILES string of the molecule is CC(C)=CCN1CCC(NC(=O)c2cc(S(=O)(=O)N3CCCCC3C)ccc2C)CC1. The molecular formula is C24H37N3O3S. The van der Waals surface area contributed by atoms with Crippen LogP contribution in [0.1, 0.15) is 68.8 Å². The fraction of sp³-hybridized carbons (Fsp3) is 0.625. The third-order valence-electron chi connectivity index (χ3n) is 6.48. The monoisotopic (exact) mass is 447 g/mol. The Kier molecular flexibility index (Phi) is 7.94. The van der Waals surface area contributed by atoms with Crippen LogP contribution >= 0.6 is 0 Å². The molecule has 0 spiro atoms. The van der Waals surface area contributed by atoms with Crippen LogP contribution in [0.4, 0.5) is 0 Å². The Morgan fingerprint density at radius 3 is 2.48 bits per heavy atom. The number of benzene rings is 1. The zero-order valence-corrected chi connectivity index (χ0v) is 20.2. The first-order chi connectivity index (χ1) is 14.7. The van der Waals surface area contributed by atoms with Crippen molar-refractivity contribution in [3.8, 4) is 0 Å². The first-order valence-electron chi connectivity index (χ1n) is 11.5. The molecule has 2 fully saturated rings. The van der Waals surface area contributed by atoms with Crippen LogP contribution in [0.5, 0.6) is 0 Å². The van der Waals surface area contributed by atoms with Crippen LogP contribution in [-0.4, -0.2) is 61.8 Å². The minimum atomic E-state index is -3.60. The van der Waals surface area contributed by atoms with Crippen molar-refractivity contribution in [3.05, 3.63) is 41.0 Å². The van der Waals surface area contributed by atoms with Gasteiger partial charge in [0.15, 0.2) is 0 Å². The number of carbonyl (C=O) groups excluding carboxylic acids is 1. The minimum absolute atomic E-state index is 0.00569. The number of piperidine rings is 2. The molecule has 2 aliphatic rings. The number of nitrogens with zero attached hydrogens (tertiary/aromatic N) is 2. The van der Waals surface area contributed by atoms with E-state index >= 15 is 0 Å². The maximum atomic E-state index is 13.2. The van der Waals surface area contributed by atoms with Crippen molar-refractivity contribution in [2.75, 3.05) is 26.2 Å². The van der Waals surface area contributed by atoms with E-state index in [0.29, 0.717) is 12.1 Å². The molecule has 1 atom stereocenters. The van der Waals surface area contributed by atoms with Gasteiger partial charge in [-0.25, -0.2) is 8.42 Å². The average molecular weight is 448 g/mol. The summed E-state index contributed by atoms with van der Waals surface area (Å²) in [6, 6.07) is 5.06. The number of hydrogen-bond donors (Lipinski definition) is 1. The number of allylic oxidation sites excluding steroid dienone is 1. The number of amides is 1. The van der Waals surface area contributed by atoms with Crippen LogP contribution in [0, 0.1) is 6.92 Å². The van der Waals surface area contributed by atoms with E-state index < -0.39 is 10.0 Å². The lowest BCUT2D eigenvalue weighted by molar-refractivity contribution is 0.0913. The topological polar surface area (TPSA) is 69.7 Å². The first-order valence-corrected chi connectivity index (χ1v) is 12.9. The van der Waals surface area contributed by atoms with E-state index in [-0.39, 0.29) is 22.9 Å². The van der Waals surface area contributed by atoms with Gasteiger partial charge in [0.2, 0.25) is 10.0 Å². The van der Waals surface area contributed by atoms with E-state index in [1.165, 1.54) is 5.57 Å². The second kappa shape index (κ2) is 10.3. The summed E-state index contributed by atoms with van der Waals surface area (Å²) in [4.78, 5) is 15.6. The van der Waals surface area contributed by atoms with Crippen LogP contribution in [0.3, 0.4) is 0 Å². The molecule has 3 rings (SSSR count). The van der Waals surface area contributed by atoms with Gasteiger partial charge in [0, 0.05) is 43.8 Å². The molecule has 1 unspecified atom stereocenters. The fourth-order valence-electron chi connectivity index (χ4n) is 4.41. The summed E-state index contributed by atoms with van der Waals surface area (Å²) in [7, 11) is -3.60. The molecular weight excluding hydrogens is 410 g/mol. The summed E-state index contributed by atoms with van der Waals surface area (Å²) in [6.45, 7) is 11.4. The Bertz CT molecular complexity index is 914. The van der Waals surface area contributed by atoms with Crippen molar-refractivity contribution < 1.29 is 13.2 Å². The molecule has 7 heteroatoms. The second-order valence-corrected chi connectivity index (χ2v) is 11.2. The largest absolute Gasteiger partial charge is 0.349 e. The Morgan fingerprint density at radius 2 is 1.84 bits per heavy atom. The lowest BCUT2D eigenvalue weighted by atomic mass is 10.0. The number of likely N-dealkylation sites (tertiary alicyclic amines) is 1. The summed E-state index contributed by atoms with van der Waals surface area (Å²) >= 11 is 0. The third-order valence-corrected chi connectivity index (χ3v) is 8.49. The highest BCUT2D eigenvalue weighted by atomic mass is 32.2. The van der Waals surface area contributed by atoms with Crippen molar-refractivity contribution in [3.63, 3.8) is 0 Å². The van der Waals surface area contributed by atoms with E-state index in [1.807, 2.05) is 13.8 Å². The van der Waals surface area contributed by atoms with Crippen LogP contribution in [0.25, 0.3) is 0 Å². The molecule has 2 aliphatic heterocycles. The van der Waals surface area contributed by atoms with Crippen LogP contribution in [0.2, 0.25) is 0 Å². The summed E-state index contributed by atoms with van der Waals surface area (Å²) in [6.07, 6.45) is 6.87. The molecule has 6 nitrogen and oxygen atoms in total. The Balaban J connectivity index is 1.68. The van der Waals surface area contributed by atoms with Gasteiger partial charge in [-0.1, -0.05) is 24.1 Å². The summed E-state index contributed by atoms with van der Waals surface area (Å²) < 4.78 is 28.0.